The lowest BCUT2D eigenvalue weighted by Crippen LogP contribution is -2.45. The smallest absolute Gasteiger partial charge is 0.0730 e. The lowest BCUT2D eigenvalue weighted by molar-refractivity contribution is -0.0453. The summed E-state index contributed by atoms with van der Waals surface area (Å²) in [5.74, 6) is 0. The summed E-state index contributed by atoms with van der Waals surface area (Å²) in [6.45, 7) is 2.07. The fourth-order valence-corrected chi connectivity index (χ4v) is 2.12. The Morgan fingerprint density at radius 2 is 2.30 bits per heavy atom. The Morgan fingerprint density at radius 1 is 1.40 bits per heavy atom. The second-order valence-electron chi connectivity index (χ2n) is 3.39. The van der Waals surface area contributed by atoms with Crippen LogP contribution in [0.5, 0.6) is 0 Å². The number of hydrogen-bond donors (Lipinski definition) is 0. The molecule has 0 N–H and O–H groups in total. The van der Waals surface area contributed by atoms with Crippen LogP contribution in [0.1, 0.15) is 19.3 Å². The molecule has 0 aromatic heterocycles. The van der Waals surface area contributed by atoms with Crippen molar-refractivity contribution in [1.82, 2.24) is 4.90 Å². The predicted octanol–water partition coefficient (Wildman–Crippen LogP) is 0.869. The Kier molecular flexibility index (Phi) is 1.66. The third-order valence-corrected chi connectivity index (χ3v) is 2.76. The minimum atomic E-state index is 0.568. The van der Waals surface area contributed by atoms with Crippen LogP contribution in [0.4, 0.5) is 0 Å². The summed E-state index contributed by atoms with van der Waals surface area (Å²) < 4.78 is 5.63. The second kappa shape index (κ2) is 2.51. The zero-order valence-electron chi connectivity index (χ0n) is 6.55. The molecule has 1 saturated carbocycles. The van der Waals surface area contributed by atoms with Crippen molar-refractivity contribution in [2.75, 3.05) is 20.2 Å². The van der Waals surface area contributed by atoms with Crippen LogP contribution in [0.15, 0.2) is 0 Å². The molecule has 0 amide bonds. The van der Waals surface area contributed by atoms with Gasteiger partial charge in [-0.1, -0.05) is 0 Å². The van der Waals surface area contributed by atoms with Crippen molar-refractivity contribution >= 4 is 0 Å². The van der Waals surface area contributed by atoms with Gasteiger partial charge in [0, 0.05) is 12.6 Å². The highest BCUT2D eigenvalue weighted by molar-refractivity contribution is 4.87. The maximum Gasteiger partial charge on any atom is 0.0730 e. The molecule has 2 nitrogen and oxygen atoms in total. The highest BCUT2D eigenvalue weighted by Crippen LogP contribution is 2.28. The van der Waals surface area contributed by atoms with Crippen LogP contribution < -0.4 is 0 Å². The first kappa shape index (κ1) is 6.62. The van der Waals surface area contributed by atoms with Crippen molar-refractivity contribution < 1.29 is 4.74 Å². The number of nitrogens with zero attached hydrogens (tertiary/aromatic N) is 1. The average molecular weight is 141 g/mol. The van der Waals surface area contributed by atoms with E-state index in [2.05, 4.69) is 11.9 Å². The summed E-state index contributed by atoms with van der Waals surface area (Å²) in [6, 6.07) is 0.744. The molecule has 2 atom stereocenters. The predicted molar refractivity (Wildman–Crippen MR) is 40.0 cm³/mol. The zero-order valence-corrected chi connectivity index (χ0v) is 6.55. The Bertz CT molecular complexity index is 126. The summed E-state index contributed by atoms with van der Waals surface area (Å²) in [6.07, 6.45) is 4.56. The van der Waals surface area contributed by atoms with Gasteiger partial charge in [0.05, 0.1) is 12.7 Å². The molecule has 2 aliphatic rings. The first-order valence-corrected chi connectivity index (χ1v) is 4.20. The van der Waals surface area contributed by atoms with Gasteiger partial charge in [-0.15, -0.1) is 0 Å². The molecule has 1 aliphatic carbocycles. The SMILES string of the molecule is CN1CCO[C@@H]2CCCC21. The van der Waals surface area contributed by atoms with Gasteiger partial charge in [0.2, 0.25) is 0 Å². The van der Waals surface area contributed by atoms with Crippen molar-refractivity contribution in [3.05, 3.63) is 0 Å². The van der Waals surface area contributed by atoms with Crippen LogP contribution in [0.3, 0.4) is 0 Å². The van der Waals surface area contributed by atoms with Gasteiger partial charge in [-0.3, -0.25) is 4.90 Å². The van der Waals surface area contributed by atoms with Crippen LogP contribution in [-0.2, 0) is 4.74 Å². The molecular formula is C8H15NO. The van der Waals surface area contributed by atoms with Crippen LogP contribution in [0.25, 0.3) is 0 Å². The van der Waals surface area contributed by atoms with Gasteiger partial charge in [-0.2, -0.15) is 0 Å². The van der Waals surface area contributed by atoms with Gasteiger partial charge >= 0.3 is 0 Å². The monoisotopic (exact) mass is 141 g/mol. The van der Waals surface area contributed by atoms with Crippen molar-refractivity contribution in [2.45, 2.75) is 31.4 Å². The number of rotatable bonds is 0. The van der Waals surface area contributed by atoms with Crippen LogP contribution in [0.2, 0.25) is 0 Å². The lowest BCUT2D eigenvalue weighted by atomic mass is 10.1. The average Bonchev–Trinajstić information content (AvgIpc) is 2.36. The fourth-order valence-electron chi connectivity index (χ4n) is 2.12. The van der Waals surface area contributed by atoms with E-state index in [9.17, 15) is 0 Å². The van der Waals surface area contributed by atoms with E-state index < -0.39 is 0 Å². The lowest BCUT2D eigenvalue weighted by Gasteiger charge is -2.34. The minimum absolute atomic E-state index is 0.568. The summed E-state index contributed by atoms with van der Waals surface area (Å²) in [5, 5.41) is 0. The third-order valence-electron chi connectivity index (χ3n) is 2.76. The molecule has 1 aliphatic heterocycles. The van der Waals surface area contributed by atoms with Gasteiger partial charge in [0.1, 0.15) is 0 Å². The van der Waals surface area contributed by atoms with E-state index in [1.165, 1.54) is 19.3 Å². The highest BCUT2D eigenvalue weighted by atomic mass is 16.5. The molecule has 2 heteroatoms. The molecule has 0 aromatic rings. The molecule has 2 fully saturated rings. The van der Waals surface area contributed by atoms with E-state index in [-0.39, 0.29) is 0 Å². The highest BCUT2D eigenvalue weighted by Gasteiger charge is 2.33. The van der Waals surface area contributed by atoms with Gasteiger partial charge in [-0.05, 0) is 26.3 Å². The Labute approximate surface area is 62.2 Å². The Balaban J connectivity index is 2.03. The van der Waals surface area contributed by atoms with Crippen LogP contribution in [-0.4, -0.2) is 37.2 Å². The number of ether oxygens (including phenoxy) is 1. The topological polar surface area (TPSA) is 12.5 Å². The zero-order chi connectivity index (χ0) is 6.97. The summed E-state index contributed by atoms with van der Waals surface area (Å²) in [4.78, 5) is 2.45. The van der Waals surface area contributed by atoms with Crippen LogP contribution in [0, 0.1) is 0 Å². The van der Waals surface area contributed by atoms with Gasteiger partial charge in [-0.25, -0.2) is 0 Å². The molecule has 0 spiro atoms. The largest absolute Gasteiger partial charge is 0.375 e. The van der Waals surface area contributed by atoms with E-state index in [4.69, 9.17) is 4.74 Å². The molecule has 1 unspecified atom stereocenters. The molecular weight excluding hydrogens is 126 g/mol. The first-order valence-electron chi connectivity index (χ1n) is 4.20. The van der Waals surface area contributed by atoms with E-state index >= 15 is 0 Å². The van der Waals surface area contributed by atoms with Gasteiger partial charge in [0.15, 0.2) is 0 Å². The molecule has 1 saturated heterocycles. The molecule has 0 aromatic carbocycles. The van der Waals surface area contributed by atoms with E-state index in [0.717, 1.165) is 19.2 Å². The number of hydrogen-bond acceptors (Lipinski definition) is 2. The van der Waals surface area contributed by atoms with E-state index in [1.54, 1.807) is 0 Å². The minimum Gasteiger partial charge on any atom is -0.375 e. The second-order valence-corrected chi connectivity index (χ2v) is 3.39. The number of morpholine rings is 1. The first-order chi connectivity index (χ1) is 4.88. The van der Waals surface area contributed by atoms with Crippen molar-refractivity contribution in [3.63, 3.8) is 0 Å². The van der Waals surface area contributed by atoms with Crippen molar-refractivity contribution in [3.8, 4) is 0 Å². The standard InChI is InChI=1S/C8H15NO/c1-9-5-6-10-8-4-2-3-7(8)9/h7-8H,2-6H2,1H3/t7?,8-/m1/s1. The van der Waals surface area contributed by atoms with E-state index in [0.29, 0.717) is 6.10 Å². The summed E-state index contributed by atoms with van der Waals surface area (Å²) >= 11 is 0. The summed E-state index contributed by atoms with van der Waals surface area (Å²) in [5.41, 5.74) is 0. The van der Waals surface area contributed by atoms with Gasteiger partial charge < -0.3 is 4.74 Å². The Morgan fingerprint density at radius 3 is 3.10 bits per heavy atom. The molecule has 58 valence electrons. The summed E-state index contributed by atoms with van der Waals surface area (Å²) in [7, 11) is 2.21. The van der Waals surface area contributed by atoms with E-state index in [1.807, 2.05) is 0 Å². The fraction of sp³-hybridized carbons (Fsp3) is 1.00. The van der Waals surface area contributed by atoms with Crippen LogP contribution >= 0.6 is 0 Å². The normalized spacial score (nSPS) is 41.7. The van der Waals surface area contributed by atoms with Gasteiger partial charge in [0.25, 0.3) is 0 Å². The molecule has 1 heterocycles. The molecule has 2 rings (SSSR count). The van der Waals surface area contributed by atoms with Crippen molar-refractivity contribution in [2.24, 2.45) is 0 Å². The third kappa shape index (κ3) is 0.956. The Hall–Kier alpha value is -0.0800. The quantitative estimate of drug-likeness (QED) is 0.496. The number of likely N-dealkylation sites (N-methyl/N-ethyl adjacent to an activating group) is 1. The molecule has 0 radical (unpaired) electrons. The molecule has 0 bridgehead atoms. The van der Waals surface area contributed by atoms with Crippen molar-refractivity contribution in [1.29, 1.82) is 0 Å². The maximum absolute atomic E-state index is 5.63. The maximum atomic E-state index is 5.63. The molecule has 10 heavy (non-hydrogen) atoms. The number of fused-ring (bicyclic) bond motifs is 1.